The lowest BCUT2D eigenvalue weighted by Gasteiger charge is -2.27. The summed E-state index contributed by atoms with van der Waals surface area (Å²) >= 11 is 0. The maximum atomic E-state index is 12.5. The molecule has 1 aliphatic carbocycles. The number of nitrogens with one attached hydrogen (secondary N) is 2. The number of H-pyrrole nitrogens is 1. The second-order valence-electron chi connectivity index (χ2n) is 7.24. The monoisotopic (exact) mass is 375 g/mol. The molecule has 0 spiro atoms. The topological polar surface area (TPSA) is 91.9 Å². The molecule has 2 aromatic rings. The number of hydrogen-bond donors (Lipinski definition) is 2. The number of nitrogens with zero attached hydrogens (tertiary/aromatic N) is 1. The Morgan fingerprint density at radius 1 is 1.12 bits per heavy atom. The van der Waals surface area contributed by atoms with Gasteiger partial charge < -0.3 is 5.32 Å². The molecule has 0 aliphatic heterocycles. The summed E-state index contributed by atoms with van der Waals surface area (Å²) in [5.74, 6) is -0.199. The van der Waals surface area contributed by atoms with E-state index >= 15 is 0 Å². The van der Waals surface area contributed by atoms with Crippen molar-refractivity contribution in [1.29, 1.82) is 0 Å². The Kier molecular flexibility index (Phi) is 5.18. The van der Waals surface area contributed by atoms with E-state index in [4.69, 9.17) is 0 Å². The first kappa shape index (κ1) is 18.6. The van der Waals surface area contributed by atoms with Gasteiger partial charge in [-0.15, -0.1) is 0 Å². The molecule has 0 bridgehead atoms. The Balaban J connectivity index is 1.63. The Bertz CT molecular complexity index is 910. The highest BCUT2D eigenvalue weighted by molar-refractivity contribution is 7.91. The first-order valence-corrected chi connectivity index (χ1v) is 10.8. The smallest absolute Gasteiger partial charge is 0.269 e. The normalized spacial score (nSPS) is 20.7. The molecule has 1 fully saturated rings. The van der Waals surface area contributed by atoms with Gasteiger partial charge in [0.2, 0.25) is 0 Å². The van der Waals surface area contributed by atoms with Crippen LogP contribution in [0.15, 0.2) is 24.3 Å². The highest BCUT2D eigenvalue weighted by Gasteiger charge is 2.28. The number of aromatic amines is 1. The van der Waals surface area contributed by atoms with E-state index in [1.165, 1.54) is 17.4 Å². The van der Waals surface area contributed by atoms with Crippen LogP contribution in [-0.4, -0.2) is 42.1 Å². The number of sulfone groups is 1. The van der Waals surface area contributed by atoms with Gasteiger partial charge in [0, 0.05) is 17.9 Å². The molecule has 3 rings (SSSR count). The third-order valence-corrected chi connectivity index (χ3v) is 6.92. The molecule has 0 unspecified atom stereocenters. The zero-order chi connectivity index (χ0) is 18.9. The Morgan fingerprint density at radius 2 is 1.81 bits per heavy atom. The summed E-state index contributed by atoms with van der Waals surface area (Å²) < 4.78 is 23.2. The van der Waals surface area contributed by atoms with Crippen molar-refractivity contribution in [3.05, 3.63) is 41.1 Å². The molecule has 1 amide bonds. The van der Waals surface area contributed by atoms with Crippen LogP contribution in [0.5, 0.6) is 0 Å². The molecule has 1 heterocycles. The van der Waals surface area contributed by atoms with Gasteiger partial charge in [0.1, 0.15) is 15.5 Å². The van der Waals surface area contributed by atoms with Crippen LogP contribution >= 0.6 is 0 Å². The van der Waals surface area contributed by atoms with Crippen LogP contribution in [0.3, 0.4) is 0 Å². The number of amides is 1. The van der Waals surface area contributed by atoms with E-state index in [9.17, 15) is 13.2 Å². The molecule has 1 aromatic carbocycles. The number of aromatic nitrogens is 2. The van der Waals surface area contributed by atoms with Crippen LogP contribution in [0.25, 0.3) is 11.3 Å². The van der Waals surface area contributed by atoms with E-state index in [0.29, 0.717) is 31.4 Å². The molecule has 140 valence electrons. The number of hydrogen-bond acceptors (Lipinski definition) is 4. The van der Waals surface area contributed by atoms with Crippen LogP contribution in [-0.2, 0) is 9.84 Å². The predicted octanol–water partition coefficient (Wildman–Crippen LogP) is 2.78. The minimum absolute atomic E-state index is 0.00821. The number of aryl methyl sites for hydroxylation is 2. The third kappa shape index (κ3) is 4.15. The van der Waals surface area contributed by atoms with E-state index in [-0.39, 0.29) is 17.2 Å². The molecule has 2 N–H and O–H groups in total. The largest absolute Gasteiger partial charge is 0.348 e. The zero-order valence-corrected chi connectivity index (χ0v) is 16.2. The SMILES string of the molecule is Cc1ccc(-c2cc(C(=O)NC3CCC(S(C)(=O)=O)CC3)[nH]n2)cc1C. The zero-order valence-electron chi connectivity index (χ0n) is 15.4. The van der Waals surface area contributed by atoms with E-state index in [1.807, 2.05) is 19.1 Å². The Hall–Kier alpha value is -2.15. The summed E-state index contributed by atoms with van der Waals surface area (Å²) in [7, 11) is -2.99. The summed E-state index contributed by atoms with van der Waals surface area (Å²) in [6, 6.07) is 7.85. The molecule has 7 heteroatoms. The van der Waals surface area contributed by atoms with Crippen molar-refractivity contribution in [3.8, 4) is 11.3 Å². The summed E-state index contributed by atoms with van der Waals surface area (Å²) in [5, 5.41) is 9.76. The predicted molar refractivity (Wildman–Crippen MR) is 102 cm³/mol. The molecule has 26 heavy (non-hydrogen) atoms. The van der Waals surface area contributed by atoms with Gasteiger partial charge in [-0.2, -0.15) is 5.10 Å². The maximum Gasteiger partial charge on any atom is 0.269 e. The van der Waals surface area contributed by atoms with Gasteiger partial charge in [-0.25, -0.2) is 8.42 Å². The molecule has 1 aliphatic rings. The van der Waals surface area contributed by atoms with E-state index < -0.39 is 9.84 Å². The van der Waals surface area contributed by atoms with Crippen LogP contribution in [0.1, 0.15) is 47.3 Å². The lowest BCUT2D eigenvalue weighted by Crippen LogP contribution is -2.40. The number of carbonyl (C=O) groups is 1. The molecule has 6 nitrogen and oxygen atoms in total. The van der Waals surface area contributed by atoms with Gasteiger partial charge in [0.25, 0.3) is 5.91 Å². The second-order valence-corrected chi connectivity index (χ2v) is 9.57. The summed E-state index contributed by atoms with van der Waals surface area (Å²) in [6.45, 7) is 4.10. The number of benzene rings is 1. The van der Waals surface area contributed by atoms with Crippen molar-refractivity contribution in [2.75, 3.05) is 6.26 Å². The Labute approximate surface area is 154 Å². The molecule has 0 atom stereocenters. The van der Waals surface area contributed by atoms with Gasteiger partial charge in [0.05, 0.1) is 10.9 Å². The van der Waals surface area contributed by atoms with Crippen LogP contribution in [0.2, 0.25) is 0 Å². The van der Waals surface area contributed by atoms with E-state index in [1.54, 1.807) is 6.07 Å². The summed E-state index contributed by atoms with van der Waals surface area (Å²) in [6.07, 6.45) is 3.85. The fourth-order valence-electron chi connectivity index (χ4n) is 3.39. The minimum Gasteiger partial charge on any atom is -0.348 e. The molecular weight excluding hydrogens is 350 g/mol. The molecular formula is C19H25N3O3S. The maximum absolute atomic E-state index is 12.5. The van der Waals surface area contributed by atoms with E-state index in [2.05, 4.69) is 28.5 Å². The third-order valence-electron chi connectivity index (χ3n) is 5.24. The molecule has 1 aromatic heterocycles. The quantitative estimate of drug-likeness (QED) is 0.859. The first-order chi connectivity index (χ1) is 12.2. The van der Waals surface area contributed by atoms with Gasteiger partial charge in [0.15, 0.2) is 0 Å². The average molecular weight is 375 g/mol. The summed E-state index contributed by atoms with van der Waals surface area (Å²) in [5.41, 5.74) is 4.52. The van der Waals surface area contributed by atoms with Crippen molar-refractivity contribution >= 4 is 15.7 Å². The Morgan fingerprint density at radius 3 is 2.42 bits per heavy atom. The lowest BCUT2D eigenvalue weighted by molar-refractivity contribution is 0.0923. The van der Waals surface area contributed by atoms with Crippen molar-refractivity contribution in [3.63, 3.8) is 0 Å². The van der Waals surface area contributed by atoms with Crippen LogP contribution in [0, 0.1) is 13.8 Å². The lowest BCUT2D eigenvalue weighted by atomic mass is 9.95. The van der Waals surface area contributed by atoms with Crippen molar-refractivity contribution in [2.24, 2.45) is 0 Å². The fraction of sp³-hybridized carbons (Fsp3) is 0.474. The van der Waals surface area contributed by atoms with Gasteiger partial charge in [-0.05, 0) is 62.8 Å². The highest BCUT2D eigenvalue weighted by Crippen LogP contribution is 2.24. The molecule has 1 saturated carbocycles. The van der Waals surface area contributed by atoms with Gasteiger partial charge in [-0.3, -0.25) is 9.89 Å². The number of carbonyl (C=O) groups excluding carboxylic acids is 1. The standard InChI is InChI=1S/C19H25N3O3S/c1-12-4-5-14(10-13(12)2)17-11-18(22-21-17)19(23)20-15-6-8-16(9-7-15)26(3,24)25/h4-5,10-11,15-16H,6-9H2,1-3H3,(H,20,23)(H,21,22). The average Bonchev–Trinajstić information content (AvgIpc) is 3.07. The second kappa shape index (κ2) is 7.23. The fourth-order valence-corrected chi connectivity index (χ4v) is 4.51. The van der Waals surface area contributed by atoms with Crippen LogP contribution < -0.4 is 5.32 Å². The first-order valence-electron chi connectivity index (χ1n) is 8.87. The highest BCUT2D eigenvalue weighted by atomic mass is 32.2. The molecule has 0 radical (unpaired) electrons. The van der Waals surface area contributed by atoms with Crippen molar-refractivity contribution in [2.45, 2.75) is 50.8 Å². The van der Waals surface area contributed by atoms with Crippen molar-refractivity contribution < 1.29 is 13.2 Å². The summed E-state index contributed by atoms with van der Waals surface area (Å²) in [4.78, 5) is 12.5. The minimum atomic E-state index is -2.99. The van der Waals surface area contributed by atoms with Gasteiger partial charge in [-0.1, -0.05) is 12.1 Å². The number of rotatable bonds is 4. The van der Waals surface area contributed by atoms with Crippen LogP contribution in [0.4, 0.5) is 0 Å². The van der Waals surface area contributed by atoms with Crippen molar-refractivity contribution in [1.82, 2.24) is 15.5 Å². The van der Waals surface area contributed by atoms with E-state index in [0.717, 1.165) is 11.3 Å². The van der Waals surface area contributed by atoms with Gasteiger partial charge >= 0.3 is 0 Å². The molecule has 0 saturated heterocycles.